The summed E-state index contributed by atoms with van der Waals surface area (Å²) < 4.78 is 0. The molecule has 0 aromatic rings. The predicted molar refractivity (Wildman–Crippen MR) is 32.2 cm³/mol. The van der Waals surface area contributed by atoms with Crippen molar-refractivity contribution in [2.75, 3.05) is 6.54 Å². The molecular formula is C5H6N2O2. The summed E-state index contributed by atoms with van der Waals surface area (Å²) in [5, 5.41) is 12.7. The standard InChI is InChI=1S/C5H6N2O2/c8-7(9)5-2-1-3-6-4-5/h1-3,6H,4H2. The Hall–Kier alpha value is -1.32. The second-order valence-electron chi connectivity index (χ2n) is 1.66. The van der Waals surface area contributed by atoms with Gasteiger partial charge in [-0.1, -0.05) is 0 Å². The van der Waals surface area contributed by atoms with Gasteiger partial charge in [-0.25, -0.2) is 0 Å². The predicted octanol–water partition coefficient (Wildman–Crippen LogP) is 0.264. The van der Waals surface area contributed by atoms with Gasteiger partial charge in [0.2, 0.25) is 0 Å². The minimum Gasteiger partial charge on any atom is -0.381 e. The Morgan fingerprint density at radius 3 is 2.89 bits per heavy atom. The highest BCUT2D eigenvalue weighted by Gasteiger charge is 2.08. The molecule has 0 amide bonds. The molecule has 9 heavy (non-hydrogen) atoms. The molecule has 0 unspecified atom stereocenters. The van der Waals surface area contributed by atoms with Crippen LogP contribution >= 0.6 is 0 Å². The third kappa shape index (κ3) is 1.28. The minimum absolute atomic E-state index is 0.206. The summed E-state index contributed by atoms with van der Waals surface area (Å²) >= 11 is 0. The Bertz CT molecular complexity index is 183. The van der Waals surface area contributed by atoms with Crippen molar-refractivity contribution in [1.82, 2.24) is 5.32 Å². The first-order valence-electron chi connectivity index (χ1n) is 2.54. The molecule has 4 nitrogen and oxygen atoms in total. The highest BCUT2D eigenvalue weighted by Crippen LogP contribution is 1.97. The first kappa shape index (κ1) is 5.81. The molecule has 0 radical (unpaired) electrons. The van der Waals surface area contributed by atoms with Crippen LogP contribution in [-0.4, -0.2) is 11.5 Å². The van der Waals surface area contributed by atoms with Gasteiger partial charge in [0.05, 0.1) is 4.92 Å². The molecule has 4 heteroatoms. The highest BCUT2D eigenvalue weighted by molar-refractivity contribution is 5.12. The number of allylic oxidation sites excluding steroid dienone is 2. The zero-order chi connectivity index (χ0) is 6.69. The van der Waals surface area contributed by atoms with Crippen LogP contribution in [0.15, 0.2) is 24.0 Å². The number of nitro groups is 1. The van der Waals surface area contributed by atoms with Crippen molar-refractivity contribution in [3.8, 4) is 0 Å². The van der Waals surface area contributed by atoms with E-state index in [1.807, 2.05) is 0 Å². The van der Waals surface area contributed by atoms with Crippen molar-refractivity contribution in [2.45, 2.75) is 0 Å². The van der Waals surface area contributed by atoms with Crippen LogP contribution in [0.4, 0.5) is 0 Å². The van der Waals surface area contributed by atoms with Gasteiger partial charge < -0.3 is 5.32 Å². The van der Waals surface area contributed by atoms with Crippen LogP contribution in [0.25, 0.3) is 0 Å². The molecule has 0 saturated carbocycles. The number of dihydropyridines is 1. The minimum atomic E-state index is -0.392. The van der Waals surface area contributed by atoms with E-state index >= 15 is 0 Å². The van der Waals surface area contributed by atoms with Gasteiger partial charge in [-0.2, -0.15) is 0 Å². The SMILES string of the molecule is O=[N+]([O-])C1=CC=CNC1. The molecule has 1 aliphatic rings. The molecule has 0 spiro atoms. The lowest BCUT2D eigenvalue weighted by atomic mass is 10.3. The molecule has 1 heterocycles. The Labute approximate surface area is 52.0 Å². The van der Waals surface area contributed by atoms with Crippen LogP contribution in [0.2, 0.25) is 0 Å². The molecule has 1 aliphatic heterocycles. The van der Waals surface area contributed by atoms with Crippen molar-refractivity contribution >= 4 is 0 Å². The number of hydrogen-bond acceptors (Lipinski definition) is 3. The van der Waals surface area contributed by atoms with Crippen molar-refractivity contribution in [3.63, 3.8) is 0 Å². The van der Waals surface area contributed by atoms with Gasteiger partial charge in [-0.05, 0) is 12.3 Å². The lowest BCUT2D eigenvalue weighted by Gasteiger charge is -2.00. The van der Waals surface area contributed by atoms with Crippen molar-refractivity contribution in [2.24, 2.45) is 0 Å². The Morgan fingerprint density at radius 2 is 2.56 bits per heavy atom. The van der Waals surface area contributed by atoms with Crippen LogP contribution < -0.4 is 5.32 Å². The fourth-order valence-electron chi connectivity index (χ4n) is 0.575. The fraction of sp³-hybridized carbons (Fsp3) is 0.200. The van der Waals surface area contributed by atoms with Crippen LogP contribution in [0.5, 0.6) is 0 Å². The maximum absolute atomic E-state index is 10.0. The van der Waals surface area contributed by atoms with E-state index in [-0.39, 0.29) is 5.70 Å². The smallest absolute Gasteiger partial charge is 0.265 e. The average Bonchev–Trinajstić information content (AvgIpc) is 1.90. The van der Waals surface area contributed by atoms with E-state index in [9.17, 15) is 10.1 Å². The number of hydrogen-bond donors (Lipinski definition) is 1. The average molecular weight is 126 g/mol. The van der Waals surface area contributed by atoms with Crippen LogP contribution in [0, 0.1) is 10.1 Å². The van der Waals surface area contributed by atoms with E-state index < -0.39 is 4.92 Å². The molecule has 0 fully saturated rings. The maximum Gasteiger partial charge on any atom is 0.265 e. The van der Waals surface area contributed by atoms with Gasteiger partial charge in [0, 0.05) is 6.08 Å². The summed E-state index contributed by atoms with van der Waals surface area (Å²) in [6, 6.07) is 0. The second-order valence-corrected chi connectivity index (χ2v) is 1.66. The van der Waals surface area contributed by atoms with E-state index in [0.29, 0.717) is 6.54 Å². The lowest BCUT2D eigenvalue weighted by molar-refractivity contribution is -0.426. The molecule has 1 rings (SSSR count). The molecule has 0 aromatic carbocycles. The number of rotatable bonds is 1. The van der Waals surface area contributed by atoms with Gasteiger partial charge in [0.1, 0.15) is 6.54 Å². The first-order valence-corrected chi connectivity index (χ1v) is 2.54. The largest absolute Gasteiger partial charge is 0.381 e. The van der Waals surface area contributed by atoms with E-state index in [2.05, 4.69) is 5.32 Å². The van der Waals surface area contributed by atoms with Crippen LogP contribution in [0.1, 0.15) is 0 Å². The molecule has 0 aromatic heterocycles. The van der Waals surface area contributed by atoms with Crippen molar-refractivity contribution < 1.29 is 4.92 Å². The second kappa shape index (κ2) is 2.30. The summed E-state index contributed by atoms with van der Waals surface area (Å²) in [7, 11) is 0. The zero-order valence-corrected chi connectivity index (χ0v) is 4.70. The topological polar surface area (TPSA) is 55.2 Å². The quantitative estimate of drug-likeness (QED) is 0.405. The Morgan fingerprint density at radius 1 is 1.78 bits per heavy atom. The molecule has 48 valence electrons. The summed E-state index contributed by atoms with van der Waals surface area (Å²) in [5.41, 5.74) is 0.206. The zero-order valence-electron chi connectivity index (χ0n) is 4.70. The molecule has 0 saturated heterocycles. The van der Waals surface area contributed by atoms with Gasteiger partial charge in [-0.15, -0.1) is 0 Å². The van der Waals surface area contributed by atoms with Crippen molar-refractivity contribution in [1.29, 1.82) is 0 Å². The third-order valence-electron chi connectivity index (χ3n) is 1.02. The summed E-state index contributed by atoms with van der Waals surface area (Å²) in [6.45, 7) is 0.323. The maximum atomic E-state index is 10.0. The van der Waals surface area contributed by atoms with E-state index in [1.54, 1.807) is 12.3 Å². The van der Waals surface area contributed by atoms with Crippen molar-refractivity contribution in [3.05, 3.63) is 34.2 Å². The fourth-order valence-corrected chi connectivity index (χ4v) is 0.575. The molecule has 0 atom stereocenters. The molecule has 1 N–H and O–H groups in total. The summed E-state index contributed by atoms with van der Waals surface area (Å²) in [6.07, 6.45) is 4.77. The van der Waals surface area contributed by atoms with E-state index in [0.717, 1.165) is 0 Å². The number of nitrogens with zero attached hydrogens (tertiary/aromatic N) is 1. The van der Waals surface area contributed by atoms with Gasteiger partial charge >= 0.3 is 0 Å². The van der Waals surface area contributed by atoms with E-state index in [4.69, 9.17) is 0 Å². The Balaban J connectivity index is 2.68. The van der Waals surface area contributed by atoms with E-state index in [1.165, 1.54) is 6.08 Å². The normalized spacial score (nSPS) is 16.2. The highest BCUT2D eigenvalue weighted by atomic mass is 16.6. The van der Waals surface area contributed by atoms with Crippen LogP contribution in [0.3, 0.4) is 0 Å². The molecular weight excluding hydrogens is 120 g/mol. The molecule has 0 aliphatic carbocycles. The third-order valence-corrected chi connectivity index (χ3v) is 1.02. The molecule has 0 bridgehead atoms. The van der Waals surface area contributed by atoms with Crippen LogP contribution in [-0.2, 0) is 0 Å². The summed E-state index contributed by atoms with van der Waals surface area (Å²) in [4.78, 5) is 9.63. The first-order chi connectivity index (χ1) is 4.30. The summed E-state index contributed by atoms with van der Waals surface area (Å²) in [5.74, 6) is 0. The number of nitrogens with one attached hydrogen (secondary N) is 1. The van der Waals surface area contributed by atoms with Gasteiger partial charge in [0.25, 0.3) is 5.70 Å². The van der Waals surface area contributed by atoms with Gasteiger partial charge in [-0.3, -0.25) is 10.1 Å². The Kier molecular flexibility index (Phi) is 1.48. The lowest BCUT2D eigenvalue weighted by Crippen LogP contribution is -2.17. The monoisotopic (exact) mass is 126 g/mol. The van der Waals surface area contributed by atoms with Gasteiger partial charge in [0.15, 0.2) is 0 Å².